The summed E-state index contributed by atoms with van der Waals surface area (Å²) in [6, 6.07) is 17.9. The number of nitrogens with one attached hydrogen (secondary N) is 1. The number of hydrogen-bond donors (Lipinski definition) is 1. The first-order chi connectivity index (χ1) is 8.34. The molecule has 17 heavy (non-hydrogen) atoms. The van der Waals surface area contributed by atoms with E-state index in [1.165, 1.54) is 5.56 Å². The minimum atomic E-state index is -0.0638. The molecule has 2 aromatic rings. The number of rotatable bonds is 1. The molecule has 1 heterocycles. The Bertz CT molecular complexity index is 548. The Morgan fingerprint density at radius 1 is 0.941 bits per heavy atom. The van der Waals surface area contributed by atoms with Gasteiger partial charge in [0.25, 0.3) is 0 Å². The van der Waals surface area contributed by atoms with Gasteiger partial charge < -0.3 is 5.32 Å². The summed E-state index contributed by atoms with van der Waals surface area (Å²) in [4.78, 5) is 12.0. The van der Waals surface area contributed by atoms with Gasteiger partial charge in [0, 0.05) is 5.69 Å². The van der Waals surface area contributed by atoms with E-state index in [1.54, 1.807) is 0 Å². The number of benzene rings is 2. The molecule has 1 N–H and O–H groups in total. The lowest BCUT2D eigenvalue weighted by molar-refractivity contribution is -0.117. The van der Waals surface area contributed by atoms with E-state index in [1.807, 2.05) is 48.5 Å². The lowest BCUT2D eigenvalue weighted by atomic mass is 9.88. The summed E-state index contributed by atoms with van der Waals surface area (Å²) < 4.78 is 0. The molecule has 0 saturated heterocycles. The molecule has 1 aliphatic heterocycles. The second-order valence-corrected chi connectivity index (χ2v) is 4.31. The molecule has 0 spiro atoms. The van der Waals surface area contributed by atoms with Gasteiger partial charge in [0.1, 0.15) is 0 Å². The van der Waals surface area contributed by atoms with Crippen LogP contribution in [0, 0.1) is 0 Å². The number of carbonyl (C=O) groups is 1. The minimum absolute atomic E-state index is 0.0638. The van der Waals surface area contributed by atoms with Gasteiger partial charge in [-0.25, -0.2) is 0 Å². The van der Waals surface area contributed by atoms with E-state index in [4.69, 9.17) is 0 Å². The molecule has 0 saturated carbocycles. The third kappa shape index (κ3) is 1.82. The van der Waals surface area contributed by atoms with E-state index in [0.717, 1.165) is 17.7 Å². The molecule has 1 atom stereocenters. The average Bonchev–Trinajstić information content (AvgIpc) is 2.39. The van der Waals surface area contributed by atoms with E-state index in [-0.39, 0.29) is 11.8 Å². The molecule has 3 rings (SSSR count). The molecular formula is C15H13NO. The lowest BCUT2D eigenvalue weighted by Gasteiger charge is -2.24. The van der Waals surface area contributed by atoms with Crippen molar-refractivity contribution in [2.45, 2.75) is 12.3 Å². The molecule has 1 aliphatic rings. The van der Waals surface area contributed by atoms with Crippen LogP contribution in [0.1, 0.15) is 17.0 Å². The maximum atomic E-state index is 12.0. The van der Waals surface area contributed by atoms with E-state index in [2.05, 4.69) is 11.4 Å². The van der Waals surface area contributed by atoms with Crippen LogP contribution in [0.25, 0.3) is 0 Å². The monoisotopic (exact) mass is 223 g/mol. The van der Waals surface area contributed by atoms with Crippen LogP contribution in [0.3, 0.4) is 0 Å². The van der Waals surface area contributed by atoms with Gasteiger partial charge in [-0.05, 0) is 23.6 Å². The summed E-state index contributed by atoms with van der Waals surface area (Å²) in [5.74, 6) is 0.0287. The zero-order valence-electron chi connectivity index (χ0n) is 9.39. The Morgan fingerprint density at radius 2 is 1.65 bits per heavy atom. The predicted molar refractivity (Wildman–Crippen MR) is 68.0 cm³/mol. The van der Waals surface area contributed by atoms with Crippen LogP contribution in [0.15, 0.2) is 54.6 Å². The number of para-hydroxylation sites is 1. The van der Waals surface area contributed by atoms with Gasteiger partial charge in [-0.3, -0.25) is 4.79 Å². The molecule has 0 aliphatic carbocycles. The second-order valence-electron chi connectivity index (χ2n) is 4.31. The minimum Gasteiger partial charge on any atom is -0.325 e. The summed E-state index contributed by atoms with van der Waals surface area (Å²) in [6.07, 6.45) is 0.784. The number of carbonyl (C=O) groups excluding carboxylic acids is 1. The van der Waals surface area contributed by atoms with E-state index < -0.39 is 0 Å². The molecule has 1 amide bonds. The molecular weight excluding hydrogens is 210 g/mol. The van der Waals surface area contributed by atoms with Gasteiger partial charge in [0.2, 0.25) is 5.91 Å². The fraction of sp³-hybridized carbons (Fsp3) is 0.133. The smallest absolute Gasteiger partial charge is 0.232 e. The molecule has 0 unspecified atom stereocenters. The molecule has 0 radical (unpaired) electrons. The zero-order valence-corrected chi connectivity index (χ0v) is 9.39. The van der Waals surface area contributed by atoms with Crippen LogP contribution in [0.4, 0.5) is 5.69 Å². The fourth-order valence-electron chi connectivity index (χ4n) is 2.31. The third-order valence-corrected chi connectivity index (χ3v) is 3.22. The highest BCUT2D eigenvalue weighted by Gasteiger charge is 2.26. The summed E-state index contributed by atoms with van der Waals surface area (Å²) >= 11 is 0. The maximum Gasteiger partial charge on any atom is 0.232 e. The van der Waals surface area contributed by atoms with Crippen molar-refractivity contribution in [1.82, 2.24) is 0 Å². The summed E-state index contributed by atoms with van der Waals surface area (Å²) in [6.45, 7) is 0. The number of fused-ring (bicyclic) bond motifs is 1. The topological polar surface area (TPSA) is 29.1 Å². The standard InChI is InChI=1S/C15H13NO/c17-15-13(11-6-2-1-3-7-11)10-12-8-4-5-9-14(12)16-15/h1-9,13H,10H2,(H,16,17)/t13-/m1/s1. The van der Waals surface area contributed by atoms with Gasteiger partial charge in [-0.15, -0.1) is 0 Å². The number of anilines is 1. The van der Waals surface area contributed by atoms with E-state index in [0.29, 0.717) is 0 Å². The van der Waals surface area contributed by atoms with Gasteiger partial charge in [0.05, 0.1) is 5.92 Å². The van der Waals surface area contributed by atoms with Crippen LogP contribution in [-0.4, -0.2) is 5.91 Å². The highest BCUT2D eigenvalue weighted by atomic mass is 16.1. The van der Waals surface area contributed by atoms with Crippen LogP contribution in [0.5, 0.6) is 0 Å². The Kier molecular flexibility index (Phi) is 2.41. The molecule has 0 aromatic heterocycles. The maximum absolute atomic E-state index is 12.0. The summed E-state index contributed by atoms with van der Waals surface area (Å²) in [5, 5.41) is 2.97. The predicted octanol–water partition coefficient (Wildman–Crippen LogP) is 2.97. The van der Waals surface area contributed by atoms with Crippen LogP contribution < -0.4 is 5.32 Å². The van der Waals surface area contributed by atoms with Crippen molar-refractivity contribution in [2.75, 3.05) is 5.32 Å². The summed E-state index contributed by atoms with van der Waals surface area (Å²) in [5.41, 5.74) is 3.24. The van der Waals surface area contributed by atoms with Crippen molar-refractivity contribution in [3.05, 3.63) is 65.7 Å². The fourth-order valence-corrected chi connectivity index (χ4v) is 2.31. The third-order valence-electron chi connectivity index (χ3n) is 3.22. The lowest BCUT2D eigenvalue weighted by Crippen LogP contribution is -2.28. The Hall–Kier alpha value is -2.09. The molecule has 2 heteroatoms. The van der Waals surface area contributed by atoms with Crippen molar-refractivity contribution in [2.24, 2.45) is 0 Å². The molecule has 2 aromatic carbocycles. The quantitative estimate of drug-likeness (QED) is 0.791. The van der Waals surface area contributed by atoms with Crippen molar-refractivity contribution >= 4 is 11.6 Å². The van der Waals surface area contributed by atoms with Gasteiger partial charge in [0.15, 0.2) is 0 Å². The van der Waals surface area contributed by atoms with Crippen molar-refractivity contribution < 1.29 is 4.79 Å². The second kappa shape index (κ2) is 4.06. The van der Waals surface area contributed by atoms with Crippen molar-refractivity contribution in [3.63, 3.8) is 0 Å². The van der Waals surface area contributed by atoms with Gasteiger partial charge >= 0.3 is 0 Å². The Labute approximate surface area is 100 Å². The average molecular weight is 223 g/mol. The number of amides is 1. The molecule has 0 fully saturated rings. The first-order valence-corrected chi connectivity index (χ1v) is 5.78. The van der Waals surface area contributed by atoms with Crippen LogP contribution in [0.2, 0.25) is 0 Å². The largest absolute Gasteiger partial charge is 0.325 e. The molecule has 0 bridgehead atoms. The summed E-state index contributed by atoms with van der Waals surface area (Å²) in [7, 11) is 0. The molecule has 84 valence electrons. The van der Waals surface area contributed by atoms with Crippen LogP contribution >= 0.6 is 0 Å². The van der Waals surface area contributed by atoms with Gasteiger partial charge in [-0.2, -0.15) is 0 Å². The highest BCUT2D eigenvalue weighted by Crippen LogP contribution is 2.30. The Balaban J connectivity index is 1.98. The van der Waals surface area contributed by atoms with Gasteiger partial charge in [-0.1, -0.05) is 48.5 Å². The van der Waals surface area contributed by atoms with E-state index in [9.17, 15) is 4.79 Å². The highest BCUT2D eigenvalue weighted by molar-refractivity contribution is 5.98. The van der Waals surface area contributed by atoms with Crippen molar-refractivity contribution in [3.8, 4) is 0 Å². The Morgan fingerprint density at radius 3 is 2.47 bits per heavy atom. The number of hydrogen-bond acceptors (Lipinski definition) is 1. The first kappa shape index (κ1) is 10.1. The van der Waals surface area contributed by atoms with Crippen LogP contribution in [-0.2, 0) is 11.2 Å². The SMILES string of the molecule is O=C1Nc2ccccc2C[C@@H]1c1ccccc1. The zero-order chi connectivity index (χ0) is 11.7. The molecule has 2 nitrogen and oxygen atoms in total. The van der Waals surface area contributed by atoms with Crippen molar-refractivity contribution in [1.29, 1.82) is 0 Å². The van der Waals surface area contributed by atoms with E-state index >= 15 is 0 Å². The first-order valence-electron chi connectivity index (χ1n) is 5.78. The normalized spacial score (nSPS) is 18.4.